The van der Waals surface area contributed by atoms with Crippen molar-refractivity contribution in [2.45, 2.75) is 13.5 Å². The summed E-state index contributed by atoms with van der Waals surface area (Å²) in [5.41, 5.74) is 1.82. The second kappa shape index (κ2) is 6.13. The number of rotatable bonds is 4. The second-order valence-electron chi connectivity index (χ2n) is 4.21. The first-order valence-electron chi connectivity index (χ1n) is 6.06. The van der Waals surface area contributed by atoms with Gasteiger partial charge in [0.1, 0.15) is 11.6 Å². The molecule has 0 heterocycles. The van der Waals surface area contributed by atoms with Crippen LogP contribution in [0.25, 0.3) is 11.1 Å². The molecule has 1 nitrogen and oxygen atoms in total. The summed E-state index contributed by atoms with van der Waals surface area (Å²) < 4.78 is 26.9. The smallest absolute Gasteiger partial charge is 0.127 e. The Morgan fingerprint density at radius 2 is 1.89 bits per heavy atom. The average molecular weight is 282 g/mol. The van der Waals surface area contributed by atoms with Crippen LogP contribution in [-0.4, -0.2) is 6.54 Å². The SMILES string of the molecule is CCNCc1cc(-c2cc(F)ccc2Cl)ccc1F. The lowest BCUT2D eigenvalue weighted by Crippen LogP contribution is -2.12. The zero-order chi connectivity index (χ0) is 13.8. The Morgan fingerprint density at radius 3 is 2.63 bits per heavy atom. The maximum atomic E-state index is 13.6. The lowest BCUT2D eigenvalue weighted by molar-refractivity contribution is 0.593. The third kappa shape index (κ3) is 3.31. The fourth-order valence-corrected chi connectivity index (χ4v) is 2.08. The highest BCUT2D eigenvalue weighted by Gasteiger charge is 2.08. The van der Waals surface area contributed by atoms with E-state index in [4.69, 9.17) is 11.6 Å². The van der Waals surface area contributed by atoms with Gasteiger partial charge < -0.3 is 5.32 Å². The van der Waals surface area contributed by atoms with Crippen molar-refractivity contribution in [3.63, 3.8) is 0 Å². The van der Waals surface area contributed by atoms with Crippen LogP contribution in [0.2, 0.25) is 5.02 Å². The van der Waals surface area contributed by atoms with E-state index in [1.54, 1.807) is 12.1 Å². The van der Waals surface area contributed by atoms with Gasteiger partial charge in [-0.25, -0.2) is 8.78 Å². The number of hydrogen-bond donors (Lipinski definition) is 1. The van der Waals surface area contributed by atoms with Crippen molar-refractivity contribution in [1.29, 1.82) is 0 Å². The molecule has 0 fully saturated rings. The van der Waals surface area contributed by atoms with E-state index < -0.39 is 0 Å². The predicted molar refractivity (Wildman–Crippen MR) is 74.2 cm³/mol. The maximum Gasteiger partial charge on any atom is 0.127 e. The molecule has 0 saturated heterocycles. The van der Waals surface area contributed by atoms with Crippen LogP contribution < -0.4 is 5.32 Å². The van der Waals surface area contributed by atoms with Crippen LogP contribution >= 0.6 is 11.6 Å². The Balaban J connectivity index is 2.42. The van der Waals surface area contributed by atoms with Crippen LogP contribution in [0.3, 0.4) is 0 Å². The molecule has 0 unspecified atom stereocenters. The molecular weight excluding hydrogens is 268 g/mol. The van der Waals surface area contributed by atoms with Crippen LogP contribution in [0.5, 0.6) is 0 Å². The number of halogens is 3. The van der Waals surface area contributed by atoms with Gasteiger partial charge in [-0.15, -0.1) is 0 Å². The summed E-state index contributed by atoms with van der Waals surface area (Å²) in [5.74, 6) is -0.644. The van der Waals surface area contributed by atoms with E-state index in [0.717, 1.165) is 6.54 Å². The van der Waals surface area contributed by atoms with Crippen LogP contribution in [0.15, 0.2) is 36.4 Å². The Kier molecular flexibility index (Phi) is 4.51. The highest BCUT2D eigenvalue weighted by molar-refractivity contribution is 6.33. The third-order valence-corrected chi connectivity index (χ3v) is 3.18. The minimum Gasteiger partial charge on any atom is -0.313 e. The van der Waals surface area contributed by atoms with Gasteiger partial charge in [0.05, 0.1) is 0 Å². The van der Waals surface area contributed by atoms with E-state index >= 15 is 0 Å². The van der Waals surface area contributed by atoms with Gasteiger partial charge in [0, 0.05) is 22.7 Å². The minimum absolute atomic E-state index is 0.280. The predicted octanol–water partition coefficient (Wildman–Crippen LogP) is 4.39. The lowest BCUT2D eigenvalue weighted by Gasteiger charge is -2.09. The molecule has 0 aliphatic heterocycles. The van der Waals surface area contributed by atoms with Gasteiger partial charge in [-0.2, -0.15) is 0 Å². The minimum atomic E-state index is -0.364. The molecule has 0 aliphatic rings. The number of hydrogen-bond acceptors (Lipinski definition) is 1. The van der Waals surface area contributed by atoms with E-state index in [9.17, 15) is 8.78 Å². The van der Waals surface area contributed by atoms with Gasteiger partial charge in [0.2, 0.25) is 0 Å². The molecule has 0 saturated carbocycles. The van der Waals surface area contributed by atoms with Crippen molar-refractivity contribution >= 4 is 11.6 Å². The summed E-state index contributed by atoms with van der Waals surface area (Å²) in [6.45, 7) is 3.14. The molecule has 100 valence electrons. The molecule has 2 aromatic carbocycles. The van der Waals surface area contributed by atoms with Gasteiger partial charge in [-0.05, 0) is 42.4 Å². The zero-order valence-corrected chi connectivity index (χ0v) is 11.3. The average Bonchev–Trinajstić information content (AvgIpc) is 2.41. The van der Waals surface area contributed by atoms with Gasteiger partial charge >= 0.3 is 0 Å². The summed E-state index contributed by atoms with van der Waals surface area (Å²) in [6, 6.07) is 8.83. The second-order valence-corrected chi connectivity index (χ2v) is 4.62. The highest BCUT2D eigenvalue weighted by Crippen LogP contribution is 2.29. The van der Waals surface area contributed by atoms with Gasteiger partial charge in [-0.1, -0.05) is 24.6 Å². The first-order chi connectivity index (χ1) is 9.11. The zero-order valence-electron chi connectivity index (χ0n) is 10.5. The van der Waals surface area contributed by atoms with E-state index in [1.807, 2.05) is 6.92 Å². The Labute approximate surface area is 116 Å². The fourth-order valence-electron chi connectivity index (χ4n) is 1.86. The van der Waals surface area contributed by atoms with Crippen molar-refractivity contribution in [2.75, 3.05) is 6.54 Å². The van der Waals surface area contributed by atoms with Crippen molar-refractivity contribution in [1.82, 2.24) is 5.32 Å². The summed E-state index contributed by atoms with van der Waals surface area (Å²) in [6.07, 6.45) is 0. The molecule has 0 bridgehead atoms. The molecule has 0 aromatic heterocycles. The van der Waals surface area contributed by atoms with E-state index in [1.165, 1.54) is 24.3 Å². The monoisotopic (exact) mass is 281 g/mol. The molecule has 0 aliphatic carbocycles. The first-order valence-corrected chi connectivity index (χ1v) is 6.44. The van der Waals surface area contributed by atoms with Crippen LogP contribution in [-0.2, 0) is 6.54 Å². The molecule has 19 heavy (non-hydrogen) atoms. The topological polar surface area (TPSA) is 12.0 Å². The van der Waals surface area contributed by atoms with Crippen molar-refractivity contribution < 1.29 is 8.78 Å². The Morgan fingerprint density at radius 1 is 1.11 bits per heavy atom. The normalized spacial score (nSPS) is 10.7. The molecule has 2 aromatic rings. The van der Waals surface area contributed by atoms with Gasteiger partial charge in [-0.3, -0.25) is 0 Å². The van der Waals surface area contributed by atoms with Crippen molar-refractivity contribution in [3.05, 3.63) is 58.6 Å². The Bertz CT molecular complexity index is 584. The van der Waals surface area contributed by atoms with Crippen molar-refractivity contribution in [2.24, 2.45) is 0 Å². The molecule has 0 spiro atoms. The van der Waals surface area contributed by atoms with Gasteiger partial charge in [0.25, 0.3) is 0 Å². The molecule has 0 radical (unpaired) electrons. The number of benzene rings is 2. The fraction of sp³-hybridized carbons (Fsp3) is 0.200. The Hall–Kier alpha value is -1.45. The molecule has 1 N–H and O–H groups in total. The van der Waals surface area contributed by atoms with Crippen molar-refractivity contribution in [3.8, 4) is 11.1 Å². The summed E-state index contributed by atoms with van der Waals surface area (Å²) in [5, 5.41) is 3.51. The van der Waals surface area contributed by atoms with E-state index in [2.05, 4.69) is 5.32 Å². The molecule has 0 amide bonds. The molecule has 0 atom stereocenters. The summed E-state index contributed by atoms with van der Waals surface area (Å²) >= 11 is 6.05. The lowest BCUT2D eigenvalue weighted by atomic mass is 10.0. The quantitative estimate of drug-likeness (QED) is 0.876. The van der Waals surface area contributed by atoms with E-state index in [-0.39, 0.29) is 11.6 Å². The molecule has 4 heteroatoms. The first kappa shape index (κ1) is 14.0. The number of nitrogens with one attached hydrogen (secondary N) is 1. The summed E-state index contributed by atoms with van der Waals surface area (Å²) in [7, 11) is 0. The molecule has 2 rings (SSSR count). The standard InChI is InChI=1S/C15H14ClF2N/c1-2-19-9-11-7-10(3-6-15(11)18)13-8-12(17)4-5-14(13)16/h3-8,19H,2,9H2,1H3. The highest BCUT2D eigenvalue weighted by atomic mass is 35.5. The summed E-state index contributed by atoms with van der Waals surface area (Å²) in [4.78, 5) is 0. The van der Waals surface area contributed by atoms with E-state index in [0.29, 0.717) is 28.3 Å². The van der Waals surface area contributed by atoms with Crippen LogP contribution in [0.1, 0.15) is 12.5 Å². The van der Waals surface area contributed by atoms with Gasteiger partial charge in [0.15, 0.2) is 0 Å². The molecular formula is C15H14ClF2N. The maximum absolute atomic E-state index is 13.6. The van der Waals surface area contributed by atoms with Crippen LogP contribution in [0.4, 0.5) is 8.78 Å². The van der Waals surface area contributed by atoms with Crippen LogP contribution in [0, 0.1) is 11.6 Å². The largest absolute Gasteiger partial charge is 0.313 e. The third-order valence-electron chi connectivity index (χ3n) is 2.85.